The third kappa shape index (κ3) is 14.0. The first-order valence-corrected chi connectivity index (χ1v) is 26.6. The van der Waals surface area contributed by atoms with Gasteiger partial charge in [0.15, 0.2) is 12.3 Å². The Hall–Kier alpha value is -7.43. The number of methoxy groups -OCH3 is 1. The van der Waals surface area contributed by atoms with Crippen molar-refractivity contribution in [2.24, 2.45) is 0 Å². The molecule has 3 aromatic carbocycles. The van der Waals surface area contributed by atoms with E-state index in [4.69, 9.17) is 23.5 Å². The monoisotopic (exact) mass is 1100 g/mol. The molecule has 5 heterocycles. The summed E-state index contributed by atoms with van der Waals surface area (Å²) in [5.74, 6) is 7.47. The van der Waals surface area contributed by atoms with Gasteiger partial charge in [0, 0.05) is 74.7 Å². The zero-order valence-electron chi connectivity index (χ0n) is 44.2. The van der Waals surface area contributed by atoms with Crippen LogP contribution in [0.15, 0.2) is 88.4 Å². The molecule has 2 atom stereocenters. The molecule has 7 aromatic rings. The molecule has 0 saturated carbocycles. The number of hydrogen-bond donors (Lipinski definition) is 4. The number of aryl methyl sites for hydroxylation is 2. The molecule has 1 saturated heterocycles. The van der Waals surface area contributed by atoms with E-state index in [2.05, 4.69) is 48.2 Å². The number of hydrogen-bond acceptors (Lipinski definition) is 15. The second kappa shape index (κ2) is 25.4. The number of likely N-dealkylation sites (N-methyl/N-ethyl adjacent to an activating group) is 1. The largest absolute Gasteiger partial charge is 0.495 e. The normalized spacial score (nSPS) is 15.1. The van der Waals surface area contributed by atoms with E-state index in [0.29, 0.717) is 64.9 Å². The van der Waals surface area contributed by atoms with Crippen molar-refractivity contribution >= 4 is 55.3 Å². The maximum Gasteiger partial charge on any atom is 0.406 e. The molecule has 24 heteroatoms. The number of fused-ring (bicyclic) bond motifs is 2. The van der Waals surface area contributed by atoms with Crippen LogP contribution in [0, 0.1) is 25.7 Å². The third-order valence-electron chi connectivity index (χ3n) is 13.1. The molecule has 1 fully saturated rings. The van der Waals surface area contributed by atoms with E-state index >= 15 is 0 Å². The lowest BCUT2D eigenvalue weighted by atomic mass is 10.0. The molecule has 1 amide bonds. The van der Waals surface area contributed by atoms with Crippen LogP contribution in [0.25, 0.3) is 33.2 Å². The molecule has 4 aromatic heterocycles. The Morgan fingerprint density at radius 2 is 1.77 bits per heavy atom. The summed E-state index contributed by atoms with van der Waals surface area (Å²) < 4.78 is 115. The number of pyridine rings is 1. The van der Waals surface area contributed by atoms with Crippen molar-refractivity contribution in [3.63, 3.8) is 0 Å². The number of ether oxygens (including phenoxy) is 4. The second-order valence-corrected chi connectivity index (χ2v) is 20.7. The lowest BCUT2D eigenvalue weighted by Gasteiger charge is -2.33. The van der Waals surface area contributed by atoms with Crippen molar-refractivity contribution in [3.8, 4) is 34.5 Å². The highest BCUT2D eigenvalue weighted by Crippen LogP contribution is 2.34. The molecule has 1 aliphatic rings. The smallest absolute Gasteiger partial charge is 0.406 e. The van der Waals surface area contributed by atoms with Crippen molar-refractivity contribution in [2.45, 2.75) is 56.6 Å². The summed E-state index contributed by atoms with van der Waals surface area (Å²) in [6.07, 6.45) is -3.38. The number of likely N-dealkylation sites (tertiary alicyclic amines) is 1. The maximum absolute atomic E-state index is 14.9. The van der Waals surface area contributed by atoms with E-state index in [1.54, 1.807) is 43.6 Å². The highest BCUT2D eigenvalue weighted by Gasteiger charge is 2.31. The van der Waals surface area contributed by atoms with Gasteiger partial charge in [0.25, 0.3) is 5.91 Å². The van der Waals surface area contributed by atoms with E-state index in [0.717, 1.165) is 36.8 Å². The van der Waals surface area contributed by atoms with Gasteiger partial charge in [-0.2, -0.15) is 22.5 Å². The standard InChI is InChI=1S/C54H63F4N11O8S/c1-35-51(36(2)77-65-35)38-27-48-52(62-30-38)64-53(59-3)68(48)31-37-10-7-12-40(26-37)76-33-50(70)61-19-22-74-24-25-75-23-21-67(5)78(71,72)41-15-16-46(49(29-41)73-6)60-18-9-11-39-28-42-44(63-45-17-20-66(4)32-43(45)55)13-8-14-47(42)69(39)34-54(56,57)58/h7-8,10,12-16,26-30,43,45,60,63H,17-25,31-34H2,1-6H3,(H,61,70)(H,59,62,64)/t43-,45?/m0/s1. The summed E-state index contributed by atoms with van der Waals surface area (Å²) in [6.45, 7) is 4.62. The molecule has 416 valence electrons. The van der Waals surface area contributed by atoms with E-state index < -0.39 is 35.0 Å². The first-order valence-electron chi connectivity index (χ1n) is 25.2. The summed E-state index contributed by atoms with van der Waals surface area (Å²) >= 11 is 0. The lowest BCUT2D eigenvalue weighted by molar-refractivity contribution is -0.140. The topological polar surface area (TPSA) is 204 Å². The number of nitrogens with one attached hydrogen (secondary N) is 4. The fourth-order valence-electron chi connectivity index (χ4n) is 9.12. The Bertz CT molecular complexity index is 3370. The average molecular weight is 1100 g/mol. The van der Waals surface area contributed by atoms with Crippen LogP contribution in [0.4, 0.5) is 34.9 Å². The fraction of sp³-hybridized carbons (Fsp3) is 0.407. The summed E-state index contributed by atoms with van der Waals surface area (Å²) in [5.41, 5.74) is 6.23. The predicted octanol–water partition coefficient (Wildman–Crippen LogP) is 7.09. The maximum atomic E-state index is 14.9. The highest BCUT2D eigenvalue weighted by molar-refractivity contribution is 7.89. The number of carbonyl (C=O) groups excluding carboxylic acids is 1. The van der Waals surface area contributed by atoms with Gasteiger partial charge in [-0.25, -0.2) is 17.8 Å². The van der Waals surface area contributed by atoms with E-state index in [1.807, 2.05) is 54.6 Å². The molecule has 0 spiro atoms. The predicted molar refractivity (Wildman–Crippen MR) is 288 cm³/mol. The van der Waals surface area contributed by atoms with Crippen LogP contribution < -0.4 is 30.7 Å². The highest BCUT2D eigenvalue weighted by atomic mass is 32.2. The first kappa shape index (κ1) is 56.8. The quantitative estimate of drug-likeness (QED) is 0.0271. The van der Waals surface area contributed by atoms with Crippen LogP contribution in [0.2, 0.25) is 0 Å². The molecular weight excluding hydrogens is 1040 g/mol. The first-order chi connectivity index (χ1) is 37.4. The molecule has 0 bridgehead atoms. The average Bonchev–Trinajstić information content (AvgIpc) is 4.08. The number of piperidine rings is 1. The Labute approximate surface area is 449 Å². The van der Waals surface area contributed by atoms with Crippen LogP contribution in [0.1, 0.15) is 29.1 Å². The molecular formula is C54H63F4N11O8S. The van der Waals surface area contributed by atoms with Gasteiger partial charge in [-0.05, 0) is 87.3 Å². The zero-order chi connectivity index (χ0) is 55.6. The zero-order valence-corrected chi connectivity index (χ0v) is 45.0. The number of carbonyl (C=O) groups is 1. The number of benzene rings is 3. The van der Waals surface area contributed by atoms with E-state index in [-0.39, 0.29) is 81.5 Å². The summed E-state index contributed by atoms with van der Waals surface area (Å²) in [7, 11) is 2.48. The van der Waals surface area contributed by atoms with Crippen LogP contribution in [-0.2, 0) is 37.4 Å². The number of sulfonamides is 1. The van der Waals surface area contributed by atoms with Crippen molar-refractivity contribution in [1.82, 2.24) is 38.8 Å². The van der Waals surface area contributed by atoms with Crippen molar-refractivity contribution in [1.29, 1.82) is 0 Å². The van der Waals surface area contributed by atoms with Crippen LogP contribution in [0.5, 0.6) is 11.5 Å². The molecule has 19 nitrogen and oxygen atoms in total. The SMILES string of the molecule is CNc1nc2ncc(-c3c(C)noc3C)cc2n1Cc1cccc(OCC(=O)NCCOCCOCCN(C)S(=O)(=O)c2ccc(NCC#Cc3cc4c(NC5CCN(C)C[C@@H]5F)cccc4n3CC(F)(F)F)c(OC)c2)c1. The number of amides is 1. The Kier molecular flexibility index (Phi) is 18.5. The Balaban J connectivity index is 0.744. The summed E-state index contributed by atoms with van der Waals surface area (Å²) in [6, 6.07) is 19.8. The molecule has 1 unspecified atom stereocenters. The van der Waals surface area contributed by atoms with Gasteiger partial charge in [0.05, 0.1) is 85.7 Å². The molecule has 0 aliphatic carbocycles. The number of imidazole rings is 1. The molecule has 78 heavy (non-hydrogen) atoms. The lowest BCUT2D eigenvalue weighted by Crippen LogP contribution is -2.46. The van der Waals surface area contributed by atoms with Crippen molar-refractivity contribution in [2.75, 3.05) is 110 Å². The number of rotatable bonds is 24. The van der Waals surface area contributed by atoms with Gasteiger partial charge < -0.3 is 58.8 Å². The van der Waals surface area contributed by atoms with Gasteiger partial charge in [-0.3, -0.25) is 4.79 Å². The minimum absolute atomic E-state index is 0.0141. The van der Waals surface area contributed by atoms with E-state index in [1.165, 1.54) is 32.4 Å². The minimum Gasteiger partial charge on any atom is -0.495 e. The van der Waals surface area contributed by atoms with Gasteiger partial charge in [-0.1, -0.05) is 29.3 Å². The van der Waals surface area contributed by atoms with E-state index in [9.17, 15) is 30.8 Å². The van der Waals surface area contributed by atoms with Gasteiger partial charge in [0.1, 0.15) is 30.0 Å². The number of anilines is 3. The van der Waals surface area contributed by atoms with Gasteiger partial charge in [-0.15, -0.1) is 0 Å². The second-order valence-electron chi connectivity index (χ2n) is 18.7. The summed E-state index contributed by atoms with van der Waals surface area (Å²) in [5, 5.41) is 16.8. The number of nitrogens with zero attached hydrogens (tertiary/aromatic N) is 7. The molecule has 4 N–H and O–H groups in total. The fourth-order valence-corrected chi connectivity index (χ4v) is 10.3. The minimum atomic E-state index is -4.53. The number of halogens is 4. The third-order valence-corrected chi connectivity index (χ3v) is 14.9. The number of alkyl halides is 4. The molecule has 1 aliphatic heterocycles. The van der Waals surface area contributed by atoms with Gasteiger partial charge >= 0.3 is 6.18 Å². The van der Waals surface area contributed by atoms with Crippen molar-refractivity contribution in [3.05, 3.63) is 102 Å². The van der Waals surface area contributed by atoms with Crippen molar-refractivity contribution < 1.29 is 54.2 Å². The summed E-state index contributed by atoms with van der Waals surface area (Å²) in [4.78, 5) is 23.7. The Morgan fingerprint density at radius 1 is 0.974 bits per heavy atom. The number of aromatic nitrogens is 5. The van der Waals surface area contributed by atoms with Crippen LogP contribution >= 0.6 is 0 Å². The molecule has 0 radical (unpaired) electrons. The van der Waals surface area contributed by atoms with Crippen LogP contribution in [-0.4, -0.2) is 160 Å². The Morgan fingerprint density at radius 3 is 2.51 bits per heavy atom. The van der Waals surface area contributed by atoms with Crippen LogP contribution in [0.3, 0.4) is 0 Å². The molecule has 8 rings (SSSR count). The van der Waals surface area contributed by atoms with Gasteiger partial charge in [0.2, 0.25) is 16.0 Å².